The summed E-state index contributed by atoms with van der Waals surface area (Å²) >= 11 is 0. The molecule has 1 N–H and O–H groups in total. The largest absolute Gasteiger partial charge is 0.468 e. The van der Waals surface area contributed by atoms with Gasteiger partial charge in [0.25, 0.3) is 5.91 Å². The number of hydrogen-bond donors (Lipinski definition) is 1. The van der Waals surface area contributed by atoms with Crippen molar-refractivity contribution >= 4 is 11.9 Å². The van der Waals surface area contributed by atoms with Gasteiger partial charge in [0.1, 0.15) is 12.1 Å². The minimum Gasteiger partial charge on any atom is -0.468 e. The molecule has 15 heavy (non-hydrogen) atoms. The third-order valence-electron chi connectivity index (χ3n) is 1.93. The van der Waals surface area contributed by atoms with Gasteiger partial charge in [-0.3, -0.25) is 9.59 Å². The number of carbonyl (C=O) groups is 2. The molecule has 0 aromatic heterocycles. The van der Waals surface area contributed by atoms with Crippen molar-refractivity contribution < 1.29 is 19.4 Å². The Bertz CT molecular complexity index is 242. The molecular formula is C10H19NO4. The molecule has 0 saturated carbocycles. The Morgan fingerprint density at radius 2 is 1.87 bits per heavy atom. The zero-order valence-electron chi connectivity index (χ0n) is 9.90. The highest BCUT2D eigenvalue weighted by Gasteiger charge is 2.32. The normalized spacial score (nSPS) is 11.4. The van der Waals surface area contributed by atoms with Gasteiger partial charge in [0, 0.05) is 6.04 Å². The van der Waals surface area contributed by atoms with E-state index in [1.165, 1.54) is 25.9 Å². The van der Waals surface area contributed by atoms with Gasteiger partial charge in [-0.05, 0) is 27.7 Å². The van der Waals surface area contributed by atoms with Crippen LogP contribution in [0.25, 0.3) is 0 Å². The van der Waals surface area contributed by atoms with Gasteiger partial charge in [0.15, 0.2) is 0 Å². The van der Waals surface area contributed by atoms with Crippen LogP contribution in [0.3, 0.4) is 0 Å². The van der Waals surface area contributed by atoms with Gasteiger partial charge >= 0.3 is 5.97 Å². The van der Waals surface area contributed by atoms with Crippen LogP contribution in [0.2, 0.25) is 0 Å². The van der Waals surface area contributed by atoms with E-state index in [9.17, 15) is 14.7 Å². The van der Waals surface area contributed by atoms with Crippen LogP contribution >= 0.6 is 0 Å². The lowest BCUT2D eigenvalue weighted by Gasteiger charge is -2.30. The van der Waals surface area contributed by atoms with Crippen LogP contribution in [0.1, 0.15) is 27.7 Å². The van der Waals surface area contributed by atoms with Crippen molar-refractivity contribution in [2.24, 2.45) is 0 Å². The van der Waals surface area contributed by atoms with E-state index in [1.54, 1.807) is 13.8 Å². The fraction of sp³-hybridized carbons (Fsp3) is 0.800. The summed E-state index contributed by atoms with van der Waals surface area (Å²) in [6, 6.07) is -0.164. The zero-order chi connectivity index (χ0) is 12.2. The Morgan fingerprint density at radius 3 is 2.13 bits per heavy atom. The summed E-state index contributed by atoms with van der Waals surface area (Å²) in [6.45, 7) is 6.18. The summed E-state index contributed by atoms with van der Waals surface area (Å²) in [6.07, 6.45) is 0. The lowest BCUT2D eigenvalue weighted by Crippen LogP contribution is -2.50. The van der Waals surface area contributed by atoms with E-state index < -0.39 is 17.5 Å². The molecule has 5 nitrogen and oxygen atoms in total. The molecule has 0 heterocycles. The number of ether oxygens (including phenoxy) is 1. The van der Waals surface area contributed by atoms with E-state index in [4.69, 9.17) is 0 Å². The van der Waals surface area contributed by atoms with Crippen LogP contribution in [-0.2, 0) is 14.3 Å². The molecule has 0 aliphatic heterocycles. The first-order valence-electron chi connectivity index (χ1n) is 4.80. The maximum absolute atomic E-state index is 11.7. The molecule has 0 fully saturated rings. The topological polar surface area (TPSA) is 66.8 Å². The summed E-state index contributed by atoms with van der Waals surface area (Å²) in [7, 11) is 1.26. The molecule has 0 aliphatic carbocycles. The monoisotopic (exact) mass is 217 g/mol. The Kier molecular flexibility index (Phi) is 4.74. The van der Waals surface area contributed by atoms with Crippen molar-refractivity contribution in [2.45, 2.75) is 39.3 Å². The van der Waals surface area contributed by atoms with Gasteiger partial charge in [-0.1, -0.05) is 0 Å². The predicted molar refractivity (Wildman–Crippen MR) is 55.2 cm³/mol. The fourth-order valence-corrected chi connectivity index (χ4v) is 1.04. The second kappa shape index (κ2) is 5.11. The third-order valence-corrected chi connectivity index (χ3v) is 1.93. The summed E-state index contributed by atoms with van der Waals surface area (Å²) < 4.78 is 4.48. The molecule has 0 unspecified atom stereocenters. The van der Waals surface area contributed by atoms with Crippen LogP contribution in [0.4, 0.5) is 0 Å². The molecule has 0 atom stereocenters. The molecule has 0 bridgehead atoms. The van der Waals surface area contributed by atoms with Gasteiger partial charge in [0.05, 0.1) is 7.11 Å². The van der Waals surface area contributed by atoms with Crippen molar-refractivity contribution in [1.82, 2.24) is 4.90 Å². The van der Waals surface area contributed by atoms with Crippen LogP contribution in [-0.4, -0.2) is 47.2 Å². The van der Waals surface area contributed by atoms with Crippen LogP contribution in [0.15, 0.2) is 0 Å². The summed E-state index contributed by atoms with van der Waals surface area (Å²) in [4.78, 5) is 24.1. The quantitative estimate of drug-likeness (QED) is 0.681. The number of esters is 1. The van der Waals surface area contributed by atoms with Crippen molar-refractivity contribution in [3.05, 3.63) is 0 Å². The third kappa shape index (κ3) is 4.29. The Hall–Kier alpha value is -1.10. The number of carbonyl (C=O) groups excluding carboxylic acids is 2. The second-order valence-corrected chi connectivity index (χ2v) is 4.16. The Labute approximate surface area is 90.0 Å². The minimum atomic E-state index is -1.47. The highest BCUT2D eigenvalue weighted by molar-refractivity contribution is 5.87. The minimum absolute atomic E-state index is 0.142. The Morgan fingerprint density at radius 1 is 1.40 bits per heavy atom. The van der Waals surface area contributed by atoms with E-state index >= 15 is 0 Å². The summed E-state index contributed by atoms with van der Waals surface area (Å²) in [5.41, 5.74) is -1.47. The summed E-state index contributed by atoms with van der Waals surface area (Å²) in [5, 5.41) is 9.55. The maximum Gasteiger partial charge on any atom is 0.325 e. The van der Waals surface area contributed by atoms with Crippen molar-refractivity contribution in [1.29, 1.82) is 0 Å². The van der Waals surface area contributed by atoms with Gasteiger partial charge in [0.2, 0.25) is 0 Å². The number of nitrogens with zero attached hydrogens (tertiary/aromatic N) is 1. The number of amides is 1. The number of methoxy groups -OCH3 is 1. The van der Waals surface area contributed by atoms with E-state index in [0.717, 1.165) is 0 Å². The second-order valence-electron chi connectivity index (χ2n) is 4.16. The lowest BCUT2D eigenvalue weighted by molar-refractivity contribution is -0.156. The molecule has 0 aliphatic rings. The SMILES string of the molecule is COC(=O)CN(C(=O)C(C)(C)O)C(C)C. The molecular weight excluding hydrogens is 198 g/mol. The highest BCUT2D eigenvalue weighted by Crippen LogP contribution is 2.10. The first-order valence-corrected chi connectivity index (χ1v) is 4.80. The molecule has 1 amide bonds. The lowest BCUT2D eigenvalue weighted by atomic mass is 10.1. The molecule has 0 aromatic rings. The molecule has 0 saturated heterocycles. The first-order chi connectivity index (χ1) is 6.70. The van der Waals surface area contributed by atoms with Crippen molar-refractivity contribution in [3.8, 4) is 0 Å². The van der Waals surface area contributed by atoms with Gasteiger partial charge < -0.3 is 14.7 Å². The van der Waals surface area contributed by atoms with Gasteiger partial charge in [-0.25, -0.2) is 0 Å². The number of hydrogen-bond acceptors (Lipinski definition) is 4. The number of rotatable bonds is 4. The van der Waals surface area contributed by atoms with E-state index in [2.05, 4.69) is 4.74 Å². The summed E-state index contributed by atoms with van der Waals surface area (Å²) in [5.74, 6) is -0.982. The maximum atomic E-state index is 11.7. The highest BCUT2D eigenvalue weighted by atomic mass is 16.5. The van der Waals surface area contributed by atoms with Crippen LogP contribution < -0.4 is 0 Å². The molecule has 0 spiro atoms. The number of aliphatic hydroxyl groups is 1. The molecule has 5 heteroatoms. The van der Waals surface area contributed by atoms with Gasteiger partial charge in [-0.2, -0.15) is 0 Å². The smallest absolute Gasteiger partial charge is 0.325 e. The molecule has 0 radical (unpaired) electrons. The van der Waals surface area contributed by atoms with Crippen molar-refractivity contribution in [2.75, 3.05) is 13.7 Å². The molecule has 88 valence electrons. The Balaban J connectivity index is 4.68. The molecule has 0 rings (SSSR count). The average Bonchev–Trinajstić information content (AvgIpc) is 2.10. The average molecular weight is 217 g/mol. The van der Waals surface area contributed by atoms with E-state index in [1.807, 2.05) is 0 Å². The van der Waals surface area contributed by atoms with Crippen LogP contribution in [0, 0.1) is 0 Å². The fourth-order valence-electron chi connectivity index (χ4n) is 1.04. The van der Waals surface area contributed by atoms with E-state index in [0.29, 0.717) is 0 Å². The first kappa shape index (κ1) is 13.9. The van der Waals surface area contributed by atoms with E-state index in [-0.39, 0.29) is 12.6 Å². The molecule has 0 aromatic carbocycles. The zero-order valence-corrected chi connectivity index (χ0v) is 9.90. The van der Waals surface area contributed by atoms with Gasteiger partial charge in [-0.15, -0.1) is 0 Å². The van der Waals surface area contributed by atoms with Crippen molar-refractivity contribution in [3.63, 3.8) is 0 Å². The predicted octanol–water partition coefficient (Wildman–Crippen LogP) is 0.167. The van der Waals surface area contributed by atoms with Crippen LogP contribution in [0.5, 0.6) is 0 Å². The standard InChI is InChI=1S/C10H19NO4/c1-7(2)11(6-8(12)15-5)9(13)10(3,4)14/h7,14H,6H2,1-5H3.